The van der Waals surface area contributed by atoms with E-state index in [0.29, 0.717) is 6.54 Å². The summed E-state index contributed by atoms with van der Waals surface area (Å²) in [7, 11) is 0. The van der Waals surface area contributed by atoms with Crippen LogP contribution in [0.2, 0.25) is 0 Å². The van der Waals surface area contributed by atoms with E-state index in [1.807, 2.05) is 30.3 Å². The van der Waals surface area contributed by atoms with Crippen molar-refractivity contribution < 1.29 is 0 Å². The van der Waals surface area contributed by atoms with E-state index in [1.54, 1.807) is 18.7 Å². The average molecular weight is 175 g/mol. The third-order valence-electron chi connectivity index (χ3n) is 1.48. The van der Waals surface area contributed by atoms with Crippen LogP contribution in [0.1, 0.15) is 5.56 Å². The highest BCUT2D eigenvalue weighted by Crippen LogP contribution is 1.94. The minimum Gasteiger partial charge on any atom is -0.351 e. The number of aromatic amines is 1. The Bertz CT molecular complexity index is 272. The monoisotopic (exact) mass is 175 g/mol. The molecule has 2 aromatic rings. The van der Waals surface area contributed by atoms with Crippen molar-refractivity contribution in [3.05, 3.63) is 54.6 Å². The number of benzene rings is 1. The molecule has 0 saturated carbocycles. The second kappa shape index (κ2) is 5.97. The second-order valence-corrected chi connectivity index (χ2v) is 2.45. The third-order valence-corrected chi connectivity index (χ3v) is 1.48. The zero-order valence-electron chi connectivity index (χ0n) is 7.35. The summed E-state index contributed by atoms with van der Waals surface area (Å²) in [6, 6.07) is 9.99. The van der Waals surface area contributed by atoms with Gasteiger partial charge in [-0.05, 0) is 5.56 Å². The Kier molecular flexibility index (Phi) is 4.35. The van der Waals surface area contributed by atoms with E-state index in [9.17, 15) is 0 Å². The van der Waals surface area contributed by atoms with E-state index >= 15 is 0 Å². The average Bonchev–Trinajstić information content (AvgIpc) is 2.77. The molecule has 0 aliphatic rings. The maximum Gasteiger partial charge on any atom is 0.0919 e. The number of hydrogen-bond acceptors (Lipinski definition) is 2. The molecule has 0 aliphatic carbocycles. The molecule has 0 spiro atoms. The van der Waals surface area contributed by atoms with Gasteiger partial charge in [0.25, 0.3) is 0 Å². The molecule has 0 unspecified atom stereocenters. The molecule has 13 heavy (non-hydrogen) atoms. The molecule has 3 heteroatoms. The standard InChI is InChI=1S/C7H9N.C3H4N2/c8-6-7-4-2-1-3-5-7;1-2-5-3-4-1/h1-5H,6,8H2;1-3H,(H,4,5). The summed E-state index contributed by atoms with van der Waals surface area (Å²) in [5.74, 6) is 0. The zero-order valence-corrected chi connectivity index (χ0v) is 7.35. The highest BCUT2D eigenvalue weighted by Gasteiger charge is 1.80. The van der Waals surface area contributed by atoms with Gasteiger partial charge in [0.2, 0.25) is 0 Å². The van der Waals surface area contributed by atoms with Crippen LogP contribution in [0.25, 0.3) is 0 Å². The molecule has 0 amide bonds. The Morgan fingerprint density at radius 2 is 2.00 bits per heavy atom. The quantitative estimate of drug-likeness (QED) is 0.691. The first-order chi connectivity index (χ1) is 6.43. The molecular weight excluding hydrogens is 162 g/mol. The van der Waals surface area contributed by atoms with Gasteiger partial charge in [0.05, 0.1) is 6.33 Å². The van der Waals surface area contributed by atoms with Crippen molar-refractivity contribution in [2.24, 2.45) is 5.73 Å². The van der Waals surface area contributed by atoms with Crippen LogP contribution in [0, 0.1) is 0 Å². The van der Waals surface area contributed by atoms with Crippen molar-refractivity contribution in [1.82, 2.24) is 9.97 Å². The van der Waals surface area contributed by atoms with Crippen LogP contribution in [-0.2, 0) is 6.54 Å². The van der Waals surface area contributed by atoms with Crippen LogP contribution < -0.4 is 5.73 Å². The predicted molar refractivity (Wildman–Crippen MR) is 52.9 cm³/mol. The maximum absolute atomic E-state index is 5.35. The Morgan fingerprint density at radius 3 is 2.31 bits per heavy atom. The van der Waals surface area contributed by atoms with Gasteiger partial charge >= 0.3 is 0 Å². The lowest BCUT2D eigenvalue weighted by molar-refractivity contribution is 1.07. The summed E-state index contributed by atoms with van der Waals surface area (Å²) in [4.78, 5) is 6.42. The number of nitrogens with zero attached hydrogens (tertiary/aromatic N) is 1. The normalized spacial score (nSPS) is 8.69. The Balaban J connectivity index is 0.000000145. The van der Waals surface area contributed by atoms with Crippen molar-refractivity contribution in [3.63, 3.8) is 0 Å². The summed E-state index contributed by atoms with van der Waals surface area (Å²) in [5, 5.41) is 0. The largest absolute Gasteiger partial charge is 0.351 e. The summed E-state index contributed by atoms with van der Waals surface area (Å²) in [6.45, 7) is 0.640. The topological polar surface area (TPSA) is 54.7 Å². The van der Waals surface area contributed by atoms with Crippen molar-refractivity contribution in [3.8, 4) is 0 Å². The number of imidazole rings is 1. The first kappa shape index (κ1) is 9.48. The molecule has 0 atom stereocenters. The molecule has 1 heterocycles. The molecular formula is C10H13N3. The van der Waals surface area contributed by atoms with Gasteiger partial charge in [-0.3, -0.25) is 0 Å². The molecule has 0 fully saturated rings. The second-order valence-electron chi connectivity index (χ2n) is 2.45. The van der Waals surface area contributed by atoms with Crippen LogP contribution in [0.4, 0.5) is 0 Å². The molecule has 3 N–H and O–H groups in total. The highest BCUT2D eigenvalue weighted by atomic mass is 14.8. The lowest BCUT2D eigenvalue weighted by atomic mass is 10.2. The smallest absolute Gasteiger partial charge is 0.0919 e. The summed E-state index contributed by atoms with van der Waals surface area (Å²) < 4.78 is 0. The van der Waals surface area contributed by atoms with E-state index < -0.39 is 0 Å². The van der Waals surface area contributed by atoms with Crippen molar-refractivity contribution in [2.45, 2.75) is 6.54 Å². The fraction of sp³-hybridized carbons (Fsp3) is 0.100. The lowest BCUT2D eigenvalue weighted by Gasteiger charge is -1.90. The lowest BCUT2D eigenvalue weighted by Crippen LogP contribution is -1.94. The van der Waals surface area contributed by atoms with Gasteiger partial charge < -0.3 is 10.7 Å². The van der Waals surface area contributed by atoms with Gasteiger partial charge in [0.15, 0.2) is 0 Å². The number of hydrogen-bond donors (Lipinski definition) is 2. The van der Waals surface area contributed by atoms with E-state index in [0.717, 1.165) is 0 Å². The van der Waals surface area contributed by atoms with Crippen LogP contribution in [-0.4, -0.2) is 9.97 Å². The van der Waals surface area contributed by atoms with Gasteiger partial charge in [0.1, 0.15) is 0 Å². The van der Waals surface area contributed by atoms with E-state index in [4.69, 9.17) is 5.73 Å². The highest BCUT2D eigenvalue weighted by molar-refractivity contribution is 5.13. The number of H-pyrrole nitrogens is 1. The Labute approximate surface area is 77.6 Å². The molecule has 1 aromatic heterocycles. The summed E-state index contributed by atoms with van der Waals surface area (Å²) in [6.07, 6.45) is 5.08. The van der Waals surface area contributed by atoms with Crippen molar-refractivity contribution in [1.29, 1.82) is 0 Å². The summed E-state index contributed by atoms with van der Waals surface area (Å²) >= 11 is 0. The molecule has 2 rings (SSSR count). The van der Waals surface area contributed by atoms with E-state index in [-0.39, 0.29) is 0 Å². The first-order valence-electron chi connectivity index (χ1n) is 4.10. The molecule has 68 valence electrons. The van der Waals surface area contributed by atoms with Crippen molar-refractivity contribution in [2.75, 3.05) is 0 Å². The Hall–Kier alpha value is -1.61. The van der Waals surface area contributed by atoms with Gasteiger partial charge in [-0.25, -0.2) is 4.98 Å². The fourth-order valence-corrected chi connectivity index (χ4v) is 0.829. The Morgan fingerprint density at radius 1 is 1.23 bits per heavy atom. The van der Waals surface area contributed by atoms with Gasteiger partial charge in [-0.15, -0.1) is 0 Å². The number of rotatable bonds is 1. The molecule has 3 nitrogen and oxygen atoms in total. The molecule has 0 saturated heterocycles. The fourth-order valence-electron chi connectivity index (χ4n) is 0.829. The summed E-state index contributed by atoms with van der Waals surface area (Å²) in [5.41, 5.74) is 6.54. The minimum atomic E-state index is 0.640. The number of aromatic nitrogens is 2. The molecule has 0 aliphatic heterocycles. The van der Waals surface area contributed by atoms with E-state index in [1.165, 1.54) is 5.56 Å². The van der Waals surface area contributed by atoms with Crippen LogP contribution in [0.15, 0.2) is 49.1 Å². The number of nitrogens with one attached hydrogen (secondary N) is 1. The van der Waals surface area contributed by atoms with E-state index in [2.05, 4.69) is 9.97 Å². The van der Waals surface area contributed by atoms with Gasteiger partial charge in [-0.2, -0.15) is 0 Å². The van der Waals surface area contributed by atoms with Crippen LogP contribution >= 0.6 is 0 Å². The molecule has 0 radical (unpaired) electrons. The van der Waals surface area contributed by atoms with Crippen LogP contribution in [0.3, 0.4) is 0 Å². The van der Waals surface area contributed by atoms with Crippen molar-refractivity contribution >= 4 is 0 Å². The maximum atomic E-state index is 5.35. The van der Waals surface area contributed by atoms with Gasteiger partial charge in [0, 0.05) is 18.9 Å². The SMILES string of the molecule is NCc1ccccc1.c1c[nH]cn1. The van der Waals surface area contributed by atoms with Crippen LogP contribution in [0.5, 0.6) is 0 Å². The molecule has 0 bridgehead atoms. The molecule has 1 aromatic carbocycles. The minimum absolute atomic E-state index is 0.640. The predicted octanol–water partition coefficient (Wildman–Crippen LogP) is 1.55. The number of nitrogens with two attached hydrogens (primary N) is 1. The third kappa shape index (κ3) is 4.08. The van der Waals surface area contributed by atoms with Gasteiger partial charge in [-0.1, -0.05) is 30.3 Å². The zero-order chi connectivity index (χ0) is 9.36. The first-order valence-corrected chi connectivity index (χ1v) is 4.10.